The highest BCUT2D eigenvalue weighted by atomic mass is 16.2. The van der Waals surface area contributed by atoms with Crippen molar-refractivity contribution in [3.05, 3.63) is 35.7 Å². The number of hydrogen-bond donors (Lipinski definition) is 1. The fraction of sp³-hybridized carbons (Fsp3) is 0.417. The molecule has 0 aliphatic rings. The fourth-order valence-electron chi connectivity index (χ4n) is 1.78. The van der Waals surface area contributed by atoms with E-state index in [1.54, 1.807) is 36.1 Å². The molecular weight excluding hydrogens is 230 g/mol. The number of carbonyl (C=O) groups excluding carboxylic acids is 1. The van der Waals surface area contributed by atoms with Crippen molar-refractivity contribution in [3.63, 3.8) is 0 Å². The highest BCUT2D eigenvalue weighted by Gasteiger charge is 2.17. The molecule has 0 unspecified atom stereocenters. The summed E-state index contributed by atoms with van der Waals surface area (Å²) in [6.07, 6.45) is 4.24. The largest absolute Gasteiger partial charge is 0.347 e. The molecule has 0 spiro atoms. The summed E-state index contributed by atoms with van der Waals surface area (Å²) in [7, 11) is 3.54. The number of aryl methyl sites for hydroxylation is 2. The minimum atomic E-state index is -0.0545. The van der Waals surface area contributed by atoms with Gasteiger partial charge < -0.3 is 9.88 Å². The van der Waals surface area contributed by atoms with Gasteiger partial charge in [-0.1, -0.05) is 6.92 Å². The second kappa shape index (κ2) is 5.03. The molecule has 0 radical (unpaired) electrons. The van der Waals surface area contributed by atoms with Gasteiger partial charge in [-0.3, -0.25) is 9.48 Å². The quantitative estimate of drug-likeness (QED) is 0.875. The molecule has 0 saturated heterocycles. The van der Waals surface area contributed by atoms with Crippen molar-refractivity contribution in [2.45, 2.75) is 19.9 Å². The summed E-state index contributed by atoms with van der Waals surface area (Å²) in [5, 5.41) is 4.28. The van der Waals surface area contributed by atoms with Crippen molar-refractivity contribution >= 4 is 5.91 Å². The standard InChI is InChI=1S/C12H17N5O/c1-4-9-7-10(17(3)15-9)12(18)16(2)8-11-13-5-6-14-11/h5-7H,4,8H2,1-3H3,(H,13,14). The second-order valence-electron chi connectivity index (χ2n) is 4.20. The maximum absolute atomic E-state index is 12.2. The number of imidazole rings is 1. The van der Waals surface area contributed by atoms with Crippen LogP contribution >= 0.6 is 0 Å². The van der Waals surface area contributed by atoms with Crippen LogP contribution in [-0.2, 0) is 20.0 Å². The zero-order valence-electron chi connectivity index (χ0n) is 10.8. The van der Waals surface area contributed by atoms with Crippen molar-refractivity contribution in [2.24, 2.45) is 7.05 Å². The molecule has 2 aromatic rings. The van der Waals surface area contributed by atoms with Crippen LogP contribution in [0.4, 0.5) is 0 Å². The third-order valence-corrected chi connectivity index (χ3v) is 2.80. The number of aromatic amines is 1. The van der Waals surface area contributed by atoms with Crippen LogP contribution in [0.3, 0.4) is 0 Å². The van der Waals surface area contributed by atoms with Gasteiger partial charge in [0.1, 0.15) is 11.5 Å². The number of H-pyrrole nitrogens is 1. The first-order valence-electron chi connectivity index (χ1n) is 5.88. The molecule has 0 fully saturated rings. The summed E-state index contributed by atoms with van der Waals surface area (Å²) in [5.74, 6) is 0.713. The number of amides is 1. The lowest BCUT2D eigenvalue weighted by Gasteiger charge is -2.15. The Balaban J connectivity index is 2.12. The van der Waals surface area contributed by atoms with Crippen LogP contribution in [0.15, 0.2) is 18.5 Å². The molecule has 0 aromatic carbocycles. The molecule has 6 nitrogen and oxygen atoms in total. The number of nitrogens with one attached hydrogen (secondary N) is 1. The van der Waals surface area contributed by atoms with Crippen molar-refractivity contribution in [1.29, 1.82) is 0 Å². The Kier molecular flexibility index (Phi) is 3.45. The van der Waals surface area contributed by atoms with E-state index in [2.05, 4.69) is 15.1 Å². The van der Waals surface area contributed by atoms with Crippen LogP contribution < -0.4 is 0 Å². The van der Waals surface area contributed by atoms with Crippen LogP contribution in [0.25, 0.3) is 0 Å². The molecule has 0 saturated carbocycles. The Hall–Kier alpha value is -2.11. The number of hydrogen-bond acceptors (Lipinski definition) is 3. The van der Waals surface area contributed by atoms with Crippen LogP contribution in [0.1, 0.15) is 28.9 Å². The summed E-state index contributed by atoms with van der Waals surface area (Å²) >= 11 is 0. The Bertz CT molecular complexity index is 529. The minimum Gasteiger partial charge on any atom is -0.347 e. The van der Waals surface area contributed by atoms with E-state index in [4.69, 9.17) is 0 Å². The van der Waals surface area contributed by atoms with Crippen LogP contribution in [0.5, 0.6) is 0 Å². The van der Waals surface area contributed by atoms with E-state index >= 15 is 0 Å². The topological polar surface area (TPSA) is 66.8 Å². The molecule has 2 heterocycles. The minimum absolute atomic E-state index is 0.0545. The van der Waals surface area contributed by atoms with Crippen molar-refractivity contribution in [2.75, 3.05) is 7.05 Å². The van der Waals surface area contributed by atoms with E-state index < -0.39 is 0 Å². The lowest BCUT2D eigenvalue weighted by atomic mass is 10.3. The van der Waals surface area contributed by atoms with Gasteiger partial charge in [0.15, 0.2) is 0 Å². The number of carbonyl (C=O) groups is 1. The zero-order chi connectivity index (χ0) is 13.1. The SMILES string of the molecule is CCc1cc(C(=O)N(C)Cc2ncc[nH]2)n(C)n1. The third-order valence-electron chi connectivity index (χ3n) is 2.80. The number of rotatable bonds is 4. The molecule has 6 heteroatoms. The summed E-state index contributed by atoms with van der Waals surface area (Å²) in [4.78, 5) is 20.9. The highest BCUT2D eigenvalue weighted by Crippen LogP contribution is 2.08. The molecule has 18 heavy (non-hydrogen) atoms. The lowest BCUT2D eigenvalue weighted by Crippen LogP contribution is -2.28. The zero-order valence-corrected chi connectivity index (χ0v) is 10.8. The van der Waals surface area contributed by atoms with E-state index in [1.807, 2.05) is 13.0 Å². The molecule has 96 valence electrons. The van der Waals surface area contributed by atoms with Gasteiger partial charge in [-0.15, -0.1) is 0 Å². The van der Waals surface area contributed by atoms with Crippen LogP contribution in [-0.4, -0.2) is 37.6 Å². The predicted octanol–water partition coefficient (Wildman–Crippen LogP) is 0.978. The van der Waals surface area contributed by atoms with Crippen molar-refractivity contribution in [1.82, 2.24) is 24.6 Å². The van der Waals surface area contributed by atoms with Gasteiger partial charge in [0, 0.05) is 26.5 Å². The number of nitrogens with zero attached hydrogens (tertiary/aromatic N) is 4. The number of aromatic nitrogens is 4. The third kappa shape index (κ3) is 2.42. The molecule has 0 atom stereocenters. The van der Waals surface area contributed by atoms with Crippen LogP contribution in [0.2, 0.25) is 0 Å². The Morgan fingerprint density at radius 2 is 2.33 bits per heavy atom. The summed E-state index contributed by atoms with van der Waals surface area (Å²) in [6, 6.07) is 1.83. The Morgan fingerprint density at radius 3 is 2.89 bits per heavy atom. The lowest BCUT2D eigenvalue weighted by molar-refractivity contribution is 0.0771. The maximum atomic E-state index is 12.2. The Labute approximate surface area is 106 Å². The normalized spacial score (nSPS) is 10.6. The molecule has 1 N–H and O–H groups in total. The second-order valence-corrected chi connectivity index (χ2v) is 4.20. The van der Waals surface area contributed by atoms with Gasteiger partial charge in [-0.05, 0) is 12.5 Å². The highest BCUT2D eigenvalue weighted by molar-refractivity contribution is 5.92. The van der Waals surface area contributed by atoms with E-state index in [9.17, 15) is 4.79 Å². The van der Waals surface area contributed by atoms with Crippen LogP contribution in [0, 0.1) is 0 Å². The first-order chi connectivity index (χ1) is 8.61. The van der Waals surface area contributed by atoms with Gasteiger partial charge >= 0.3 is 0 Å². The van der Waals surface area contributed by atoms with E-state index in [1.165, 1.54) is 0 Å². The van der Waals surface area contributed by atoms with Gasteiger partial charge in [-0.25, -0.2) is 4.98 Å². The summed E-state index contributed by atoms with van der Waals surface area (Å²) in [5.41, 5.74) is 1.52. The van der Waals surface area contributed by atoms with E-state index in [-0.39, 0.29) is 5.91 Å². The molecule has 2 aromatic heterocycles. The smallest absolute Gasteiger partial charge is 0.272 e. The summed E-state index contributed by atoms with van der Waals surface area (Å²) < 4.78 is 1.62. The van der Waals surface area contributed by atoms with Crippen molar-refractivity contribution < 1.29 is 4.79 Å². The van der Waals surface area contributed by atoms with E-state index in [0.29, 0.717) is 12.2 Å². The van der Waals surface area contributed by atoms with Gasteiger partial charge in [0.2, 0.25) is 0 Å². The van der Waals surface area contributed by atoms with Gasteiger partial charge in [0.25, 0.3) is 5.91 Å². The van der Waals surface area contributed by atoms with Gasteiger partial charge in [-0.2, -0.15) is 5.10 Å². The average molecular weight is 247 g/mol. The fourth-order valence-corrected chi connectivity index (χ4v) is 1.78. The maximum Gasteiger partial charge on any atom is 0.272 e. The first kappa shape index (κ1) is 12.3. The molecule has 1 amide bonds. The predicted molar refractivity (Wildman–Crippen MR) is 67.0 cm³/mol. The van der Waals surface area contributed by atoms with E-state index in [0.717, 1.165) is 17.9 Å². The average Bonchev–Trinajstić information content (AvgIpc) is 2.97. The molecule has 0 bridgehead atoms. The van der Waals surface area contributed by atoms with Gasteiger partial charge in [0.05, 0.1) is 12.2 Å². The van der Waals surface area contributed by atoms with Crippen molar-refractivity contribution in [3.8, 4) is 0 Å². The molecule has 0 aliphatic carbocycles. The summed E-state index contributed by atoms with van der Waals surface area (Å²) in [6.45, 7) is 2.47. The molecular formula is C12H17N5O. The first-order valence-corrected chi connectivity index (χ1v) is 5.88. The Morgan fingerprint density at radius 1 is 1.56 bits per heavy atom. The molecule has 0 aliphatic heterocycles. The monoisotopic (exact) mass is 247 g/mol. The molecule has 2 rings (SSSR count).